The number of hydrogen-bond donors (Lipinski definition) is 0. The van der Waals surface area contributed by atoms with Crippen LogP contribution < -0.4 is 0 Å². The average Bonchev–Trinajstić information content (AvgIpc) is 3.63. The molecule has 1 nitrogen and oxygen atoms in total. The molecule has 1 heteroatoms. The molecule has 0 aliphatic heterocycles. The van der Waals surface area contributed by atoms with Crippen molar-refractivity contribution in [2.45, 2.75) is 0 Å². The van der Waals surface area contributed by atoms with Crippen molar-refractivity contribution in [3.05, 3.63) is 157 Å². The third-order valence-electron chi connectivity index (χ3n) is 7.42. The minimum Gasteiger partial charge on any atom is -0.456 e. The van der Waals surface area contributed by atoms with Gasteiger partial charge in [0.1, 0.15) is 11.2 Å². The van der Waals surface area contributed by atoms with Crippen molar-refractivity contribution in [1.29, 1.82) is 0 Å². The Morgan fingerprint density at radius 1 is 0.395 bits per heavy atom. The van der Waals surface area contributed by atoms with E-state index in [1.54, 1.807) is 30.3 Å². The van der Waals surface area contributed by atoms with Crippen LogP contribution in [0.3, 0.4) is 0 Å². The quantitative estimate of drug-likeness (QED) is 0.194. The smallest absolute Gasteiger partial charge is 0.136 e. The van der Waals surface area contributed by atoms with Gasteiger partial charge in [0.25, 0.3) is 0 Å². The van der Waals surface area contributed by atoms with Crippen molar-refractivity contribution in [3.63, 3.8) is 0 Å². The van der Waals surface area contributed by atoms with E-state index in [1.807, 2.05) is 12.1 Å². The van der Waals surface area contributed by atoms with Crippen LogP contribution in [0, 0.1) is 0 Å². The van der Waals surface area contributed by atoms with E-state index in [0.29, 0.717) is 11.2 Å². The Hall–Kier alpha value is -5.66. The molecule has 0 aliphatic carbocycles. The maximum absolute atomic E-state index is 9.63. The molecule has 0 amide bonds. The predicted molar refractivity (Wildman–Crippen MR) is 183 cm³/mol. The summed E-state index contributed by atoms with van der Waals surface area (Å²) in [6, 6.07) is -2.85. The summed E-state index contributed by atoms with van der Waals surface area (Å²) in [5.41, 5.74) is -1.24. The molecule has 0 N–H and O–H groups in total. The van der Waals surface area contributed by atoms with Gasteiger partial charge in [-0.25, -0.2) is 0 Å². The zero-order valence-corrected chi connectivity index (χ0v) is 21.9. The molecule has 0 aliphatic rings. The summed E-state index contributed by atoms with van der Waals surface area (Å²) in [6.45, 7) is 0. The topological polar surface area (TPSA) is 13.1 Å². The summed E-state index contributed by atoms with van der Waals surface area (Å²) in [5, 5.41) is -1.57. The first kappa shape index (κ1) is 11.9. The standard InChI is InChI=1S/C42H26O/c1-2-10-27(11-3-1)41-35-13-4-6-15-37(35)42(38-16-7-5-14-36(38)41)32-21-20-28-24-29(18-19-30(28)25-32)31-22-23-34-33-12-8-9-17-39(33)43-40(34)26-31/h1-26H/i1D,2D,3D,4D,5D,6D,7D,10D,11D,13D,14D,15D,16D,18D,19D,20D,21D,24D,25D. The van der Waals surface area contributed by atoms with E-state index in [0.717, 1.165) is 10.8 Å². The lowest BCUT2D eigenvalue weighted by molar-refractivity contribution is 0.669. The molecule has 0 fully saturated rings. The molecular formula is C42H26O. The van der Waals surface area contributed by atoms with Crippen molar-refractivity contribution in [2.75, 3.05) is 0 Å². The van der Waals surface area contributed by atoms with Crippen LogP contribution in [0.1, 0.15) is 26.0 Å². The van der Waals surface area contributed by atoms with Crippen molar-refractivity contribution in [3.8, 4) is 33.4 Å². The second-order valence-corrected chi connectivity index (χ2v) is 9.81. The van der Waals surface area contributed by atoms with Gasteiger partial charge in [-0.15, -0.1) is 0 Å². The molecule has 0 unspecified atom stereocenters. The Labute approximate surface area is 275 Å². The van der Waals surface area contributed by atoms with Gasteiger partial charge in [-0.1, -0.05) is 127 Å². The number of hydrogen-bond acceptors (Lipinski definition) is 1. The lowest BCUT2D eigenvalue weighted by atomic mass is 9.85. The second-order valence-electron chi connectivity index (χ2n) is 9.81. The van der Waals surface area contributed by atoms with E-state index in [9.17, 15) is 9.60 Å². The van der Waals surface area contributed by atoms with E-state index >= 15 is 0 Å². The molecule has 9 aromatic rings. The van der Waals surface area contributed by atoms with Crippen LogP contribution in [0.15, 0.2) is 162 Å². The average molecular weight is 566 g/mol. The fraction of sp³-hybridized carbons (Fsp3) is 0. The Morgan fingerprint density at radius 2 is 0.953 bits per heavy atom. The first-order valence-corrected chi connectivity index (χ1v) is 13.2. The van der Waals surface area contributed by atoms with Crippen molar-refractivity contribution in [2.24, 2.45) is 0 Å². The molecule has 0 atom stereocenters. The molecule has 0 saturated carbocycles. The molecule has 0 saturated heterocycles. The zero-order valence-electron chi connectivity index (χ0n) is 40.9. The lowest BCUT2D eigenvalue weighted by Gasteiger charge is -2.18. The second kappa shape index (κ2) is 9.44. The van der Waals surface area contributed by atoms with Crippen LogP contribution in [-0.2, 0) is 0 Å². The lowest BCUT2D eigenvalue weighted by Crippen LogP contribution is -1.90. The largest absolute Gasteiger partial charge is 0.456 e. The van der Waals surface area contributed by atoms with Gasteiger partial charge in [0.2, 0.25) is 0 Å². The Morgan fingerprint density at radius 3 is 1.65 bits per heavy atom. The molecule has 200 valence electrons. The van der Waals surface area contributed by atoms with Gasteiger partial charge in [-0.05, 0) is 96.0 Å². The van der Waals surface area contributed by atoms with Crippen molar-refractivity contribution >= 4 is 54.3 Å². The van der Waals surface area contributed by atoms with Gasteiger partial charge in [-0.2, -0.15) is 0 Å². The summed E-state index contributed by atoms with van der Waals surface area (Å²) >= 11 is 0. The fourth-order valence-electron chi connectivity index (χ4n) is 5.53. The number of benzene rings is 8. The molecule has 9 rings (SSSR count). The fourth-order valence-corrected chi connectivity index (χ4v) is 5.53. The van der Waals surface area contributed by atoms with E-state index < -0.39 is 164 Å². The third-order valence-corrected chi connectivity index (χ3v) is 7.42. The summed E-state index contributed by atoms with van der Waals surface area (Å²) in [5.74, 6) is 0. The van der Waals surface area contributed by atoms with Crippen LogP contribution in [-0.4, -0.2) is 0 Å². The Bertz CT molecular complexity index is 3460. The SMILES string of the molecule is [2H]c1c([2H])c([2H])c(-c2c3c([2H])c([2H])c([2H])c([2H])c3c(-c3c([2H])c([2H])c4c([2H])c(-c5ccc6c(c5)oc5ccccc56)c([2H])c([2H])c4c3[2H])c3c([2H])c([2H])c([2H])c([2H])c23)c([2H])c1[2H]. The molecular weight excluding hydrogens is 520 g/mol. The van der Waals surface area contributed by atoms with E-state index in [1.165, 1.54) is 0 Å². The maximum atomic E-state index is 9.63. The van der Waals surface area contributed by atoms with Crippen LogP contribution in [0.2, 0.25) is 0 Å². The molecule has 0 bridgehead atoms. The van der Waals surface area contributed by atoms with Crippen LogP contribution >= 0.6 is 0 Å². The monoisotopic (exact) mass is 565 g/mol. The van der Waals surface area contributed by atoms with E-state index in [4.69, 9.17) is 20.9 Å². The first-order valence-electron chi connectivity index (χ1n) is 22.7. The highest BCUT2D eigenvalue weighted by molar-refractivity contribution is 6.21. The summed E-state index contributed by atoms with van der Waals surface area (Å²) in [6.07, 6.45) is 0. The number of rotatable bonds is 3. The summed E-state index contributed by atoms with van der Waals surface area (Å²) in [7, 11) is 0. The maximum Gasteiger partial charge on any atom is 0.136 e. The number of para-hydroxylation sites is 1. The molecule has 0 radical (unpaired) electrons. The van der Waals surface area contributed by atoms with Gasteiger partial charge >= 0.3 is 0 Å². The van der Waals surface area contributed by atoms with E-state index in [2.05, 4.69) is 0 Å². The Balaban J connectivity index is 1.49. The normalized spacial score (nSPS) is 17.9. The molecule has 43 heavy (non-hydrogen) atoms. The van der Waals surface area contributed by atoms with Crippen molar-refractivity contribution in [1.82, 2.24) is 0 Å². The number of furan rings is 1. The summed E-state index contributed by atoms with van der Waals surface area (Å²) < 4.78 is 176. The van der Waals surface area contributed by atoms with Crippen molar-refractivity contribution < 1.29 is 30.5 Å². The van der Waals surface area contributed by atoms with Crippen LogP contribution in [0.25, 0.3) is 87.6 Å². The Kier molecular flexibility index (Phi) is 2.61. The predicted octanol–water partition coefficient (Wildman–Crippen LogP) is 12.0. The molecule has 1 aromatic heterocycles. The number of fused-ring (bicyclic) bond motifs is 6. The van der Waals surface area contributed by atoms with Gasteiger partial charge < -0.3 is 4.42 Å². The zero-order chi connectivity index (χ0) is 44.9. The third kappa shape index (κ3) is 3.79. The molecule has 0 spiro atoms. The van der Waals surface area contributed by atoms with Gasteiger partial charge in [0, 0.05) is 10.8 Å². The summed E-state index contributed by atoms with van der Waals surface area (Å²) in [4.78, 5) is 0. The van der Waals surface area contributed by atoms with Gasteiger partial charge in [-0.3, -0.25) is 0 Å². The highest BCUT2D eigenvalue weighted by atomic mass is 16.3. The molecule has 1 heterocycles. The highest BCUT2D eigenvalue weighted by Gasteiger charge is 2.16. The van der Waals surface area contributed by atoms with Gasteiger partial charge in [0.15, 0.2) is 0 Å². The van der Waals surface area contributed by atoms with Crippen LogP contribution in [0.5, 0.6) is 0 Å². The van der Waals surface area contributed by atoms with Gasteiger partial charge in [0.05, 0.1) is 26.0 Å². The minimum atomic E-state index is -0.866. The molecule has 8 aromatic carbocycles. The first-order chi connectivity index (χ1) is 29.2. The highest BCUT2D eigenvalue weighted by Crippen LogP contribution is 2.44. The van der Waals surface area contributed by atoms with Crippen LogP contribution in [0.4, 0.5) is 0 Å². The minimum absolute atomic E-state index is 0.105. The van der Waals surface area contributed by atoms with E-state index in [-0.39, 0.29) is 16.5 Å².